The van der Waals surface area contributed by atoms with Crippen molar-refractivity contribution in [2.45, 2.75) is 0 Å². The van der Waals surface area contributed by atoms with Crippen molar-refractivity contribution in [3.05, 3.63) is 34.3 Å². The Morgan fingerprint density at radius 1 is 1.43 bits per heavy atom. The highest BCUT2D eigenvalue weighted by molar-refractivity contribution is 9.12. The fourth-order valence-electron chi connectivity index (χ4n) is 0.908. The van der Waals surface area contributed by atoms with E-state index in [1.807, 2.05) is 0 Å². The number of rotatable bonds is 3. The molecule has 3 nitrogen and oxygen atoms in total. The third-order valence-corrected chi connectivity index (χ3v) is 2.18. The molecule has 0 aromatic heterocycles. The average Bonchev–Trinajstić information content (AvgIpc) is 2.19. The maximum atomic E-state index is 10.5. The number of ether oxygens (including phenoxy) is 1. The van der Waals surface area contributed by atoms with Crippen molar-refractivity contribution >= 4 is 28.0 Å². The second-order valence-electron chi connectivity index (χ2n) is 2.57. The largest absolute Gasteiger partial charge is 0.497 e. The van der Waals surface area contributed by atoms with Gasteiger partial charge < -0.3 is 9.84 Å². The zero-order valence-corrected chi connectivity index (χ0v) is 9.11. The van der Waals surface area contributed by atoms with E-state index in [9.17, 15) is 4.79 Å². The minimum atomic E-state index is -0.985. The van der Waals surface area contributed by atoms with Crippen LogP contribution < -0.4 is 4.74 Å². The highest BCUT2D eigenvalue weighted by atomic mass is 79.9. The van der Waals surface area contributed by atoms with Crippen LogP contribution in [-0.2, 0) is 4.79 Å². The van der Waals surface area contributed by atoms with Gasteiger partial charge in [-0.25, -0.2) is 4.79 Å². The normalized spacial score (nSPS) is 11.1. The number of hydrogen-bond acceptors (Lipinski definition) is 2. The van der Waals surface area contributed by atoms with Crippen molar-refractivity contribution in [2.75, 3.05) is 7.11 Å². The summed E-state index contributed by atoms with van der Waals surface area (Å²) in [5, 5.41) is 8.60. The van der Waals surface area contributed by atoms with Crippen molar-refractivity contribution in [3.63, 3.8) is 0 Å². The lowest BCUT2D eigenvalue weighted by molar-refractivity contribution is -0.131. The number of halogens is 1. The molecule has 74 valence electrons. The lowest BCUT2D eigenvalue weighted by atomic mass is 10.2. The monoisotopic (exact) mass is 256 g/mol. The standard InChI is InChI=1S/C10H9BrO3/c1-14-8-4-2-7(3-5-8)6-9(11)10(12)13/h2-6H,1H3,(H,12,13)/b9-6-. The topological polar surface area (TPSA) is 46.5 Å². The zero-order chi connectivity index (χ0) is 10.6. The molecule has 0 amide bonds. The number of methoxy groups -OCH3 is 1. The molecule has 1 N–H and O–H groups in total. The first-order chi connectivity index (χ1) is 6.63. The molecule has 0 saturated carbocycles. The molecule has 14 heavy (non-hydrogen) atoms. The van der Waals surface area contributed by atoms with Gasteiger partial charge in [0.15, 0.2) is 0 Å². The van der Waals surface area contributed by atoms with Gasteiger partial charge in [0.2, 0.25) is 0 Å². The minimum absolute atomic E-state index is 0.127. The Morgan fingerprint density at radius 2 is 2.00 bits per heavy atom. The highest BCUT2D eigenvalue weighted by Crippen LogP contribution is 2.16. The molecule has 1 rings (SSSR count). The Morgan fingerprint density at radius 3 is 2.43 bits per heavy atom. The summed E-state index contributed by atoms with van der Waals surface area (Å²) in [5.74, 6) is -0.241. The number of hydrogen-bond donors (Lipinski definition) is 1. The van der Waals surface area contributed by atoms with E-state index < -0.39 is 5.97 Å². The van der Waals surface area contributed by atoms with Crippen LogP contribution in [0.1, 0.15) is 5.56 Å². The van der Waals surface area contributed by atoms with Gasteiger partial charge in [0.05, 0.1) is 7.11 Å². The first-order valence-corrected chi connectivity index (χ1v) is 4.67. The maximum absolute atomic E-state index is 10.5. The molecule has 1 aromatic carbocycles. The number of carboxylic acid groups (broad SMARTS) is 1. The third-order valence-electron chi connectivity index (χ3n) is 1.61. The molecule has 0 heterocycles. The fourth-order valence-corrected chi connectivity index (χ4v) is 1.17. The summed E-state index contributed by atoms with van der Waals surface area (Å²) < 4.78 is 5.10. The molecule has 0 fully saturated rings. The van der Waals surface area contributed by atoms with Gasteiger partial charge in [0.25, 0.3) is 0 Å². The summed E-state index contributed by atoms with van der Waals surface area (Å²) in [7, 11) is 1.58. The highest BCUT2D eigenvalue weighted by Gasteiger charge is 2.01. The van der Waals surface area contributed by atoms with E-state index in [1.54, 1.807) is 31.4 Å². The minimum Gasteiger partial charge on any atom is -0.497 e. The summed E-state index contributed by atoms with van der Waals surface area (Å²) in [6.45, 7) is 0. The zero-order valence-electron chi connectivity index (χ0n) is 7.53. The summed E-state index contributed by atoms with van der Waals surface area (Å²) in [5.41, 5.74) is 0.806. The Hall–Kier alpha value is -1.29. The summed E-state index contributed by atoms with van der Waals surface area (Å²) in [6, 6.07) is 7.11. The third kappa shape index (κ3) is 2.88. The van der Waals surface area contributed by atoms with E-state index in [1.165, 1.54) is 6.08 Å². The molecule has 0 bridgehead atoms. The van der Waals surface area contributed by atoms with Gasteiger partial charge in [-0.3, -0.25) is 0 Å². The molecular weight excluding hydrogens is 248 g/mol. The number of benzene rings is 1. The molecule has 0 atom stereocenters. The summed E-state index contributed by atoms with van der Waals surface area (Å²) in [4.78, 5) is 10.5. The van der Waals surface area contributed by atoms with Gasteiger partial charge in [-0.2, -0.15) is 0 Å². The Bertz CT molecular complexity index is 354. The van der Waals surface area contributed by atoms with Gasteiger partial charge in [-0.1, -0.05) is 12.1 Å². The lowest BCUT2D eigenvalue weighted by Crippen LogP contribution is -1.92. The SMILES string of the molecule is COc1ccc(/C=C(\Br)C(=O)O)cc1. The summed E-state index contributed by atoms with van der Waals surface area (Å²) in [6.07, 6.45) is 1.53. The van der Waals surface area contributed by atoms with Crippen LogP contribution in [0.2, 0.25) is 0 Å². The Kier molecular flexibility index (Phi) is 3.71. The lowest BCUT2D eigenvalue weighted by Gasteiger charge is -1.99. The van der Waals surface area contributed by atoms with Crippen molar-refractivity contribution in [2.24, 2.45) is 0 Å². The van der Waals surface area contributed by atoms with Gasteiger partial charge in [-0.15, -0.1) is 0 Å². The molecule has 0 unspecified atom stereocenters. The quantitative estimate of drug-likeness (QED) is 0.846. The fraction of sp³-hybridized carbons (Fsp3) is 0.100. The van der Waals surface area contributed by atoms with Crippen molar-refractivity contribution in [1.29, 1.82) is 0 Å². The van der Waals surface area contributed by atoms with Gasteiger partial charge >= 0.3 is 5.97 Å². The van der Waals surface area contributed by atoms with Crippen LogP contribution in [0.25, 0.3) is 6.08 Å². The second-order valence-corrected chi connectivity index (χ2v) is 3.42. The van der Waals surface area contributed by atoms with Crippen molar-refractivity contribution in [3.8, 4) is 5.75 Å². The molecule has 0 aliphatic heterocycles. The molecule has 0 spiro atoms. The van der Waals surface area contributed by atoms with Gasteiger partial charge in [0, 0.05) is 0 Å². The van der Waals surface area contributed by atoms with Crippen LogP contribution in [0.15, 0.2) is 28.7 Å². The molecule has 0 aliphatic carbocycles. The molecule has 4 heteroatoms. The molecular formula is C10H9BrO3. The van der Waals surface area contributed by atoms with E-state index in [2.05, 4.69) is 15.9 Å². The van der Waals surface area contributed by atoms with Crippen LogP contribution >= 0.6 is 15.9 Å². The number of carboxylic acids is 1. The van der Waals surface area contributed by atoms with E-state index in [0.717, 1.165) is 11.3 Å². The second kappa shape index (κ2) is 4.81. The van der Waals surface area contributed by atoms with Crippen molar-refractivity contribution < 1.29 is 14.6 Å². The van der Waals surface area contributed by atoms with Gasteiger partial charge in [-0.05, 0) is 39.7 Å². The molecule has 0 aliphatic rings. The van der Waals surface area contributed by atoms with Crippen LogP contribution in [0.4, 0.5) is 0 Å². The molecule has 0 saturated heterocycles. The molecule has 1 aromatic rings. The number of aliphatic carboxylic acids is 1. The number of carbonyl (C=O) groups is 1. The smallest absolute Gasteiger partial charge is 0.342 e. The molecule has 0 radical (unpaired) electrons. The van der Waals surface area contributed by atoms with Crippen LogP contribution in [0, 0.1) is 0 Å². The predicted octanol–water partition coefficient (Wildman–Crippen LogP) is 2.52. The van der Waals surface area contributed by atoms with E-state index >= 15 is 0 Å². The van der Waals surface area contributed by atoms with E-state index in [-0.39, 0.29) is 4.48 Å². The predicted molar refractivity (Wildman–Crippen MR) is 57.5 cm³/mol. The first kappa shape index (κ1) is 10.8. The Labute approximate surface area is 90.1 Å². The summed E-state index contributed by atoms with van der Waals surface area (Å²) >= 11 is 2.94. The van der Waals surface area contributed by atoms with Gasteiger partial charge in [0.1, 0.15) is 10.2 Å². The van der Waals surface area contributed by atoms with Crippen molar-refractivity contribution in [1.82, 2.24) is 0 Å². The Balaban J connectivity index is 2.88. The van der Waals surface area contributed by atoms with Crippen LogP contribution in [0.5, 0.6) is 5.75 Å². The van der Waals surface area contributed by atoms with Crippen LogP contribution in [0.3, 0.4) is 0 Å². The van der Waals surface area contributed by atoms with E-state index in [4.69, 9.17) is 9.84 Å². The van der Waals surface area contributed by atoms with E-state index in [0.29, 0.717) is 0 Å². The van der Waals surface area contributed by atoms with Crippen LogP contribution in [-0.4, -0.2) is 18.2 Å². The first-order valence-electron chi connectivity index (χ1n) is 3.88. The average molecular weight is 257 g/mol. The maximum Gasteiger partial charge on any atom is 0.342 e.